The van der Waals surface area contributed by atoms with E-state index in [9.17, 15) is 9.65 Å². The Hall–Kier alpha value is -4.74. The summed E-state index contributed by atoms with van der Waals surface area (Å²) in [5, 5.41) is 9.33. The van der Waals surface area contributed by atoms with Gasteiger partial charge in [-0.3, -0.25) is 4.57 Å². The average molecular weight is 772 g/mol. The average Bonchev–Trinajstić information content (AvgIpc) is 3.79. The number of nitrogen functional groups attached to an aromatic ring is 1. The van der Waals surface area contributed by atoms with E-state index in [1.165, 1.54) is 6.33 Å². The van der Waals surface area contributed by atoms with Crippen LogP contribution in [0.3, 0.4) is 0 Å². The number of halogens is 1. The van der Waals surface area contributed by atoms with E-state index in [0.29, 0.717) is 17.9 Å². The first kappa shape index (κ1) is 39.9. The van der Waals surface area contributed by atoms with Crippen LogP contribution in [0.25, 0.3) is 11.2 Å². The van der Waals surface area contributed by atoms with Crippen molar-refractivity contribution >= 4 is 25.5 Å². The largest absolute Gasteiger partial charge is 0.497 e. The molecule has 6 rings (SSSR count). The van der Waals surface area contributed by atoms with Crippen molar-refractivity contribution in [3.8, 4) is 17.6 Å². The van der Waals surface area contributed by atoms with Gasteiger partial charge in [0.05, 0.1) is 52.4 Å². The van der Waals surface area contributed by atoms with Gasteiger partial charge in [0.25, 0.3) is 8.53 Å². The molecule has 55 heavy (non-hydrogen) atoms. The van der Waals surface area contributed by atoms with Crippen molar-refractivity contribution in [2.45, 2.75) is 76.7 Å². The monoisotopic (exact) mass is 771 g/mol. The van der Waals surface area contributed by atoms with Crippen LogP contribution < -0.4 is 15.2 Å². The SMILES string of the molecule is COc1ccc(C(OC[C@H]2O[C@@H](n3cnc4c(N)nc(F)nc43)CC2OP(OCCC#N)N(C(C)C)C(C)C)(c2ccccc2)c2ccc(OC)cc2)cc1. The van der Waals surface area contributed by atoms with E-state index in [-0.39, 0.29) is 48.7 Å². The Labute approximate surface area is 322 Å². The summed E-state index contributed by atoms with van der Waals surface area (Å²) in [6.45, 7) is 8.56. The van der Waals surface area contributed by atoms with Gasteiger partial charge in [0.1, 0.15) is 29.4 Å². The number of fused-ring (bicyclic) bond motifs is 1. The second kappa shape index (κ2) is 17.8. The minimum Gasteiger partial charge on any atom is -0.497 e. The maximum Gasteiger partial charge on any atom is 0.312 e. The Morgan fingerprint density at radius 1 is 0.945 bits per heavy atom. The molecule has 2 unspecified atom stereocenters. The topological polar surface area (TPSA) is 152 Å². The summed E-state index contributed by atoms with van der Waals surface area (Å²) in [4.78, 5) is 12.0. The predicted octanol–water partition coefficient (Wildman–Crippen LogP) is 7.52. The Kier molecular flexibility index (Phi) is 12.9. The molecule has 0 saturated carbocycles. The van der Waals surface area contributed by atoms with Crippen LogP contribution in [-0.4, -0.2) is 75.9 Å². The molecule has 1 saturated heterocycles. The maximum atomic E-state index is 14.5. The summed E-state index contributed by atoms with van der Waals surface area (Å²) in [6.07, 6.45) is -0.866. The van der Waals surface area contributed by atoms with Crippen LogP contribution in [0.1, 0.15) is 63.5 Å². The lowest BCUT2D eigenvalue weighted by Crippen LogP contribution is -2.39. The van der Waals surface area contributed by atoms with E-state index < -0.39 is 38.6 Å². The van der Waals surface area contributed by atoms with E-state index in [4.69, 9.17) is 33.7 Å². The number of methoxy groups -OCH3 is 2. The lowest BCUT2D eigenvalue weighted by atomic mass is 9.80. The third-order valence-electron chi connectivity index (χ3n) is 9.44. The van der Waals surface area contributed by atoms with Crippen LogP contribution in [0.4, 0.5) is 10.2 Å². The number of rotatable bonds is 17. The van der Waals surface area contributed by atoms with Gasteiger partial charge in [-0.05, 0) is 68.7 Å². The zero-order chi connectivity index (χ0) is 39.1. The first-order valence-corrected chi connectivity index (χ1v) is 19.3. The highest BCUT2D eigenvalue weighted by Crippen LogP contribution is 2.51. The molecule has 1 aliphatic heterocycles. The third-order valence-corrected chi connectivity index (χ3v) is 11.6. The molecule has 3 heterocycles. The standard InChI is InChI=1S/C40H47FN7O6P/c1-26(2)48(27(3)4)55(52-22-10-21-42)54-33-23-35(47-25-44-36-37(43)45-39(41)46-38(36)47)53-34(33)24-51-40(28-11-8-7-9-12-28,29-13-17-31(49-5)18-14-29)30-15-19-32(50-6)20-16-30/h7-9,11-20,25-27,33-35H,10,22-24H2,1-6H3,(H2,43,45,46)/t33?,34-,35-,55?/m1/s1. The molecule has 5 aromatic rings. The molecular weight excluding hydrogens is 724 g/mol. The molecule has 1 aliphatic rings. The number of nitrogens with zero attached hydrogens (tertiary/aromatic N) is 6. The summed E-state index contributed by atoms with van der Waals surface area (Å²) in [5.74, 6) is 1.33. The Bertz CT molecular complexity index is 1990. The molecule has 2 aromatic heterocycles. The van der Waals surface area contributed by atoms with E-state index in [1.807, 2.05) is 78.9 Å². The second-order valence-electron chi connectivity index (χ2n) is 13.6. The number of hydrogen-bond acceptors (Lipinski definition) is 12. The number of hydrogen-bond donors (Lipinski definition) is 1. The highest BCUT2D eigenvalue weighted by Gasteiger charge is 2.45. The van der Waals surface area contributed by atoms with Gasteiger partial charge >= 0.3 is 6.08 Å². The lowest BCUT2D eigenvalue weighted by Gasteiger charge is -2.39. The van der Waals surface area contributed by atoms with Gasteiger partial charge in [-0.2, -0.15) is 19.6 Å². The highest BCUT2D eigenvalue weighted by molar-refractivity contribution is 7.44. The van der Waals surface area contributed by atoms with Gasteiger partial charge in [-0.1, -0.05) is 54.6 Å². The van der Waals surface area contributed by atoms with Gasteiger partial charge < -0.3 is 33.7 Å². The van der Waals surface area contributed by atoms with Crippen LogP contribution in [-0.2, 0) is 24.1 Å². The molecule has 0 aliphatic carbocycles. The van der Waals surface area contributed by atoms with E-state index in [2.05, 4.69) is 53.4 Å². The third kappa shape index (κ3) is 8.58. The fourth-order valence-electron chi connectivity index (χ4n) is 6.95. The molecule has 1 fully saturated rings. The van der Waals surface area contributed by atoms with Gasteiger partial charge in [-0.15, -0.1) is 0 Å². The first-order valence-electron chi connectivity index (χ1n) is 18.1. The molecule has 290 valence electrons. The van der Waals surface area contributed by atoms with Crippen molar-refractivity contribution in [3.05, 3.63) is 108 Å². The minimum atomic E-state index is -1.67. The summed E-state index contributed by atoms with van der Waals surface area (Å²) in [7, 11) is 1.59. The molecule has 0 radical (unpaired) electrons. The second-order valence-corrected chi connectivity index (χ2v) is 15.0. The molecular formula is C40H47FN7O6P. The van der Waals surface area contributed by atoms with Gasteiger partial charge in [-0.25, -0.2) is 9.65 Å². The van der Waals surface area contributed by atoms with Crippen molar-refractivity contribution in [2.75, 3.05) is 33.2 Å². The number of benzene rings is 3. The van der Waals surface area contributed by atoms with Crippen molar-refractivity contribution in [1.29, 1.82) is 5.26 Å². The lowest BCUT2D eigenvalue weighted by molar-refractivity contribution is -0.0912. The smallest absolute Gasteiger partial charge is 0.312 e. The predicted molar refractivity (Wildman–Crippen MR) is 207 cm³/mol. The van der Waals surface area contributed by atoms with Crippen LogP contribution >= 0.6 is 8.53 Å². The normalized spacial score (nSPS) is 17.9. The number of nitriles is 1. The molecule has 0 bridgehead atoms. The van der Waals surface area contributed by atoms with Gasteiger partial charge in [0.15, 0.2) is 17.0 Å². The van der Waals surface area contributed by atoms with E-state index in [1.54, 1.807) is 18.8 Å². The Morgan fingerprint density at radius 3 is 2.11 bits per heavy atom. The summed E-state index contributed by atoms with van der Waals surface area (Å²) in [6, 6.07) is 27.9. The number of nitrogens with two attached hydrogens (primary N) is 1. The molecule has 2 N–H and O–H groups in total. The maximum absolute atomic E-state index is 14.5. The fourth-order valence-corrected chi connectivity index (χ4v) is 8.70. The van der Waals surface area contributed by atoms with Crippen LogP contribution in [0.5, 0.6) is 11.5 Å². The van der Waals surface area contributed by atoms with Crippen molar-refractivity contribution < 1.29 is 32.4 Å². The van der Waals surface area contributed by atoms with Crippen molar-refractivity contribution in [3.63, 3.8) is 0 Å². The number of imidazole rings is 1. The summed E-state index contributed by atoms with van der Waals surface area (Å²) in [5.41, 5.74) is 7.95. The number of aromatic nitrogens is 4. The Balaban J connectivity index is 1.44. The molecule has 0 spiro atoms. The Morgan fingerprint density at radius 2 is 1.55 bits per heavy atom. The first-order chi connectivity index (χ1) is 26.6. The molecule has 0 amide bonds. The van der Waals surface area contributed by atoms with Crippen molar-refractivity contribution in [1.82, 2.24) is 24.2 Å². The quantitative estimate of drug-likeness (QED) is 0.0431. The van der Waals surface area contributed by atoms with Crippen LogP contribution in [0, 0.1) is 17.4 Å². The number of anilines is 1. The molecule has 13 nitrogen and oxygen atoms in total. The molecule has 3 aromatic carbocycles. The van der Waals surface area contributed by atoms with E-state index >= 15 is 0 Å². The zero-order valence-electron chi connectivity index (χ0n) is 31.8. The van der Waals surface area contributed by atoms with Gasteiger partial charge in [0, 0.05) is 18.5 Å². The van der Waals surface area contributed by atoms with Crippen LogP contribution in [0.15, 0.2) is 85.2 Å². The zero-order valence-corrected chi connectivity index (χ0v) is 32.7. The van der Waals surface area contributed by atoms with Crippen molar-refractivity contribution in [2.24, 2.45) is 0 Å². The number of ether oxygens (including phenoxy) is 4. The van der Waals surface area contributed by atoms with E-state index in [0.717, 1.165) is 16.7 Å². The highest BCUT2D eigenvalue weighted by atomic mass is 31.2. The minimum absolute atomic E-state index is 0.0525. The summed E-state index contributed by atoms with van der Waals surface area (Å²) >= 11 is 0. The summed E-state index contributed by atoms with van der Waals surface area (Å²) < 4.78 is 56.7. The molecule has 4 atom stereocenters. The molecule has 15 heteroatoms. The van der Waals surface area contributed by atoms with Crippen LogP contribution in [0.2, 0.25) is 0 Å². The fraction of sp³-hybridized carbons (Fsp3) is 0.400. The van der Waals surface area contributed by atoms with Gasteiger partial charge in [0.2, 0.25) is 0 Å².